The van der Waals surface area contributed by atoms with E-state index in [0.29, 0.717) is 12.5 Å². The first-order valence-corrected chi connectivity index (χ1v) is 8.71. The zero-order valence-electron chi connectivity index (χ0n) is 14.3. The summed E-state index contributed by atoms with van der Waals surface area (Å²) in [4.78, 5) is 7.12. The lowest BCUT2D eigenvalue weighted by Crippen LogP contribution is -2.34. The molecule has 0 saturated carbocycles. The van der Waals surface area contributed by atoms with E-state index in [9.17, 15) is 8.78 Å². The lowest BCUT2D eigenvalue weighted by molar-refractivity contribution is 0.199. The van der Waals surface area contributed by atoms with Gasteiger partial charge in [0.25, 0.3) is 0 Å². The van der Waals surface area contributed by atoms with Crippen LogP contribution in [-0.4, -0.2) is 27.4 Å². The molecule has 0 spiro atoms. The van der Waals surface area contributed by atoms with Crippen molar-refractivity contribution in [3.05, 3.63) is 71.3 Å². The number of hydrogen-bond donors (Lipinski definition) is 0. The van der Waals surface area contributed by atoms with Gasteiger partial charge in [-0.1, -0.05) is 12.1 Å². The van der Waals surface area contributed by atoms with E-state index in [4.69, 9.17) is 4.98 Å². The van der Waals surface area contributed by atoms with Crippen molar-refractivity contribution in [3.63, 3.8) is 0 Å². The zero-order valence-corrected chi connectivity index (χ0v) is 14.3. The molecule has 0 amide bonds. The van der Waals surface area contributed by atoms with Crippen LogP contribution in [0, 0.1) is 18.6 Å². The predicted octanol–water partition coefficient (Wildman–Crippen LogP) is 4.30. The highest BCUT2D eigenvalue weighted by Gasteiger charge is 2.25. The summed E-state index contributed by atoms with van der Waals surface area (Å²) in [6.07, 6.45) is 4.23. The third-order valence-corrected chi connectivity index (χ3v) is 5.04. The lowest BCUT2D eigenvalue weighted by atomic mass is 9.93. The maximum Gasteiger partial charge on any atom is 0.159 e. The summed E-state index contributed by atoms with van der Waals surface area (Å²) in [5, 5.41) is 0. The van der Waals surface area contributed by atoms with Crippen LogP contribution in [0.25, 0.3) is 5.52 Å². The van der Waals surface area contributed by atoms with Crippen LogP contribution < -0.4 is 0 Å². The van der Waals surface area contributed by atoms with Gasteiger partial charge in [-0.05, 0) is 56.1 Å². The topological polar surface area (TPSA) is 20.5 Å². The third kappa shape index (κ3) is 3.16. The highest BCUT2D eigenvalue weighted by molar-refractivity contribution is 5.54. The molecule has 0 bridgehead atoms. The van der Waals surface area contributed by atoms with Crippen molar-refractivity contribution in [2.75, 3.05) is 13.1 Å². The van der Waals surface area contributed by atoms with E-state index >= 15 is 0 Å². The molecule has 1 aliphatic rings. The molecule has 2 aromatic heterocycles. The number of imidazole rings is 1. The Labute approximate surface area is 145 Å². The smallest absolute Gasteiger partial charge is 0.159 e. The molecule has 0 N–H and O–H groups in total. The van der Waals surface area contributed by atoms with Gasteiger partial charge >= 0.3 is 0 Å². The average Bonchev–Trinajstić information content (AvgIpc) is 2.96. The largest absolute Gasteiger partial charge is 0.304 e. The molecule has 130 valence electrons. The molecule has 0 unspecified atom stereocenters. The third-order valence-electron chi connectivity index (χ3n) is 5.04. The first-order valence-electron chi connectivity index (χ1n) is 8.71. The number of halogens is 2. The Balaban J connectivity index is 1.55. The first kappa shape index (κ1) is 16.2. The fraction of sp³-hybridized carbons (Fsp3) is 0.350. The average molecular weight is 341 g/mol. The number of pyridine rings is 1. The van der Waals surface area contributed by atoms with Crippen molar-refractivity contribution in [3.8, 4) is 0 Å². The van der Waals surface area contributed by atoms with Gasteiger partial charge in [-0.3, -0.25) is 4.90 Å². The molecule has 1 aromatic carbocycles. The standard InChI is InChI=1S/C20H21F2N3/c1-14-23-20(19-6-2-3-10-25(14)19)16-5-4-9-24(13-16)12-15-7-8-17(21)18(22)11-15/h2-3,6-8,10-11,16H,4-5,9,12-13H2,1H3/t16-/m1/s1. The van der Waals surface area contributed by atoms with Crippen molar-refractivity contribution < 1.29 is 8.78 Å². The van der Waals surface area contributed by atoms with Gasteiger partial charge in [0.15, 0.2) is 11.6 Å². The van der Waals surface area contributed by atoms with E-state index in [1.807, 2.05) is 25.3 Å². The number of nitrogens with zero attached hydrogens (tertiary/aromatic N) is 3. The molecule has 0 radical (unpaired) electrons. The lowest BCUT2D eigenvalue weighted by Gasteiger charge is -2.32. The summed E-state index contributed by atoms with van der Waals surface area (Å²) in [6.45, 7) is 4.52. The predicted molar refractivity (Wildman–Crippen MR) is 93.5 cm³/mol. The van der Waals surface area contributed by atoms with Crippen LogP contribution in [0.4, 0.5) is 8.78 Å². The minimum Gasteiger partial charge on any atom is -0.304 e. The summed E-state index contributed by atoms with van der Waals surface area (Å²) in [6, 6.07) is 10.3. The van der Waals surface area contributed by atoms with Crippen molar-refractivity contribution in [1.82, 2.24) is 14.3 Å². The van der Waals surface area contributed by atoms with Gasteiger partial charge in [0.2, 0.25) is 0 Å². The summed E-state index contributed by atoms with van der Waals surface area (Å²) >= 11 is 0. The van der Waals surface area contributed by atoms with Crippen LogP contribution in [0.5, 0.6) is 0 Å². The molecule has 1 fully saturated rings. The fourth-order valence-corrected chi connectivity index (χ4v) is 3.84. The summed E-state index contributed by atoms with van der Waals surface area (Å²) < 4.78 is 28.7. The Morgan fingerprint density at radius 2 is 2.04 bits per heavy atom. The summed E-state index contributed by atoms with van der Waals surface area (Å²) in [5.74, 6) is -0.199. The quantitative estimate of drug-likeness (QED) is 0.708. The van der Waals surface area contributed by atoms with Crippen molar-refractivity contribution in [2.45, 2.75) is 32.2 Å². The number of fused-ring (bicyclic) bond motifs is 1. The highest BCUT2D eigenvalue weighted by atomic mass is 19.2. The number of aryl methyl sites for hydroxylation is 1. The Hall–Kier alpha value is -2.27. The van der Waals surface area contributed by atoms with E-state index in [1.54, 1.807) is 6.07 Å². The van der Waals surface area contributed by atoms with E-state index in [2.05, 4.69) is 15.4 Å². The number of benzene rings is 1. The Morgan fingerprint density at radius 1 is 1.16 bits per heavy atom. The molecule has 5 heteroatoms. The van der Waals surface area contributed by atoms with Gasteiger partial charge in [-0.2, -0.15) is 0 Å². The van der Waals surface area contributed by atoms with E-state index < -0.39 is 11.6 Å². The van der Waals surface area contributed by atoms with Crippen LogP contribution in [0.15, 0.2) is 42.6 Å². The van der Waals surface area contributed by atoms with Crippen LogP contribution in [0.3, 0.4) is 0 Å². The molecule has 25 heavy (non-hydrogen) atoms. The Kier molecular flexibility index (Phi) is 4.25. The molecule has 0 aliphatic carbocycles. The molecule has 1 atom stereocenters. The highest BCUT2D eigenvalue weighted by Crippen LogP contribution is 2.30. The van der Waals surface area contributed by atoms with E-state index in [1.165, 1.54) is 17.6 Å². The van der Waals surface area contributed by atoms with Gasteiger partial charge in [0.1, 0.15) is 5.82 Å². The molecule has 1 aliphatic heterocycles. The monoisotopic (exact) mass is 341 g/mol. The van der Waals surface area contributed by atoms with Crippen molar-refractivity contribution >= 4 is 5.52 Å². The fourth-order valence-electron chi connectivity index (χ4n) is 3.84. The second kappa shape index (κ2) is 6.56. The SMILES string of the molecule is Cc1nc([C@@H]2CCCN(Cc3ccc(F)c(F)c3)C2)c2ccccn12. The Morgan fingerprint density at radius 3 is 2.88 bits per heavy atom. The number of rotatable bonds is 3. The summed E-state index contributed by atoms with van der Waals surface area (Å²) in [7, 11) is 0. The maximum absolute atomic E-state index is 13.4. The van der Waals surface area contributed by atoms with E-state index in [0.717, 1.165) is 43.0 Å². The molecule has 3 nitrogen and oxygen atoms in total. The van der Waals surface area contributed by atoms with Crippen LogP contribution in [0.1, 0.15) is 35.8 Å². The number of hydrogen-bond acceptors (Lipinski definition) is 2. The molecular weight excluding hydrogens is 320 g/mol. The van der Waals surface area contributed by atoms with Gasteiger partial charge in [0.05, 0.1) is 11.2 Å². The minimum absolute atomic E-state index is 0.366. The van der Waals surface area contributed by atoms with Gasteiger partial charge in [-0.15, -0.1) is 0 Å². The van der Waals surface area contributed by atoms with Gasteiger partial charge in [0, 0.05) is 25.2 Å². The molecule has 3 heterocycles. The molecule has 1 saturated heterocycles. The number of piperidine rings is 1. The summed E-state index contributed by atoms with van der Waals surface area (Å²) in [5.41, 5.74) is 3.12. The first-order chi connectivity index (χ1) is 12.1. The maximum atomic E-state index is 13.4. The van der Waals surface area contributed by atoms with Crippen LogP contribution in [-0.2, 0) is 6.54 Å². The van der Waals surface area contributed by atoms with Crippen LogP contribution in [0.2, 0.25) is 0 Å². The normalized spacial score (nSPS) is 18.8. The van der Waals surface area contributed by atoms with Crippen molar-refractivity contribution in [2.24, 2.45) is 0 Å². The number of likely N-dealkylation sites (tertiary alicyclic amines) is 1. The number of aromatic nitrogens is 2. The molecular formula is C20H21F2N3. The van der Waals surface area contributed by atoms with E-state index in [-0.39, 0.29) is 0 Å². The van der Waals surface area contributed by atoms with Gasteiger partial charge < -0.3 is 4.40 Å². The molecule has 4 rings (SSSR count). The van der Waals surface area contributed by atoms with Crippen molar-refractivity contribution in [1.29, 1.82) is 0 Å². The second-order valence-electron chi connectivity index (χ2n) is 6.82. The minimum atomic E-state index is -0.791. The zero-order chi connectivity index (χ0) is 17.4. The van der Waals surface area contributed by atoms with Gasteiger partial charge in [-0.25, -0.2) is 13.8 Å². The second-order valence-corrected chi connectivity index (χ2v) is 6.82. The Bertz CT molecular complexity index is 903. The van der Waals surface area contributed by atoms with Crippen LogP contribution >= 0.6 is 0 Å². The molecule has 3 aromatic rings.